The van der Waals surface area contributed by atoms with Crippen molar-refractivity contribution in [2.45, 2.75) is 12.2 Å². The predicted octanol–water partition coefficient (Wildman–Crippen LogP) is 0.626. The molecule has 0 spiro atoms. The van der Waals surface area contributed by atoms with Crippen LogP contribution in [0, 0.1) is 0 Å². The molecule has 0 fully saturated rings. The fourth-order valence-corrected chi connectivity index (χ4v) is 1.82. The minimum Gasteiger partial charge on any atom is -0.479 e. The van der Waals surface area contributed by atoms with Gasteiger partial charge in [0.05, 0.1) is 5.56 Å². The molecule has 0 heterocycles. The summed E-state index contributed by atoms with van der Waals surface area (Å²) < 4.78 is 0.213. The largest absolute Gasteiger partial charge is 0.479 e. The van der Waals surface area contributed by atoms with Crippen LogP contribution in [0.5, 0.6) is 0 Å². The van der Waals surface area contributed by atoms with Crippen molar-refractivity contribution < 1.29 is 30.0 Å². The highest BCUT2D eigenvalue weighted by atomic mass is 79.9. The van der Waals surface area contributed by atoms with Gasteiger partial charge in [-0.05, 0) is 17.7 Å². The summed E-state index contributed by atoms with van der Waals surface area (Å²) in [7, 11) is 0. The average Bonchev–Trinajstić information content (AvgIpc) is 2.26. The van der Waals surface area contributed by atoms with Crippen LogP contribution in [0.4, 0.5) is 0 Å². The molecule has 0 radical (unpaired) electrons. The van der Waals surface area contributed by atoms with Crippen molar-refractivity contribution in [2.24, 2.45) is 0 Å². The van der Waals surface area contributed by atoms with Crippen LogP contribution < -0.4 is 0 Å². The second-order valence-corrected chi connectivity index (χ2v) is 4.12. The number of aliphatic hydroxyl groups excluding tert-OH is 2. The van der Waals surface area contributed by atoms with Gasteiger partial charge in [-0.2, -0.15) is 0 Å². The summed E-state index contributed by atoms with van der Waals surface area (Å²) in [5.41, 5.74) is 0.0857. The van der Waals surface area contributed by atoms with Gasteiger partial charge in [0.1, 0.15) is 6.10 Å². The van der Waals surface area contributed by atoms with Gasteiger partial charge in [-0.25, -0.2) is 9.59 Å². The van der Waals surface area contributed by atoms with Crippen LogP contribution in [0.3, 0.4) is 0 Å². The zero-order valence-corrected chi connectivity index (χ0v) is 9.96. The van der Waals surface area contributed by atoms with E-state index in [1.165, 1.54) is 18.2 Å². The quantitative estimate of drug-likeness (QED) is 0.648. The van der Waals surface area contributed by atoms with Crippen molar-refractivity contribution in [1.29, 1.82) is 0 Å². The van der Waals surface area contributed by atoms with Gasteiger partial charge in [0.15, 0.2) is 6.10 Å². The van der Waals surface area contributed by atoms with E-state index in [9.17, 15) is 14.7 Å². The number of aliphatic carboxylic acids is 1. The van der Waals surface area contributed by atoms with Gasteiger partial charge < -0.3 is 20.4 Å². The van der Waals surface area contributed by atoms with Gasteiger partial charge in [-0.3, -0.25) is 0 Å². The number of hydrogen-bond acceptors (Lipinski definition) is 4. The minimum absolute atomic E-state index is 0.0161. The Kier molecular flexibility index (Phi) is 4.22. The smallest absolute Gasteiger partial charge is 0.335 e. The van der Waals surface area contributed by atoms with Crippen molar-refractivity contribution in [1.82, 2.24) is 0 Å². The third-order valence-electron chi connectivity index (χ3n) is 2.12. The number of hydrogen-bond donors (Lipinski definition) is 4. The van der Waals surface area contributed by atoms with Gasteiger partial charge in [-0.15, -0.1) is 0 Å². The summed E-state index contributed by atoms with van der Waals surface area (Å²) >= 11 is 3.01. The van der Waals surface area contributed by atoms with Crippen LogP contribution in [0.2, 0.25) is 0 Å². The highest BCUT2D eigenvalue weighted by Gasteiger charge is 2.26. The summed E-state index contributed by atoms with van der Waals surface area (Å²) in [6.07, 6.45) is -3.60. The number of carbonyl (C=O) groups is 2. The van der Waals surface area contributed by atoms with Gasteiger partial charge in [-0.1, -0.05) is 22.0 Å². The molecule has 0 saturated carbocycles. The maximum atomic E-state index is 10.6. The van der Waals surface area contributed by atoms with Crippen LogP contribution in [-0.4, -0.2) is 38.5 Å². The Balaban J connectivity index is 3.08. The topological polar surface area (TPSA) is 115 Å². The lowest BCUT2D eigenvalue weighted by molar-refractivity contribution is -0.153. The van der Waals surface area contributed by atoms with Crippen molar-refractivity contribution in [2.75, 3.05) is 0 Å². The van der Waals surface area contributed by atoms with Gasteiger partial charge in [0.25, 0.3) is 0 Å². The second-order valence-electron chi connectivity index (χ2n) is 3.27. The average molecular weight is 305 g/mol. The molecule has 0 aliphatic heterocycles. The Labute approximate surface area is 104 Å². The SMILES string of the molecule is O=C(O)c1ccc(C(O)C(O)C(=O)O)c(Br)c1. The van der Waals surface area contributed by atoms with E-state index in [-0.39, 0.29) is 15.6 Å². The lowest BCUT2D eigenvalue weighted by Gasteiger charge is -2.16. The molecule has 7 heteroatoms. The van der Waals surface area contributed by atoms with Crippen molar-refractivity contribution in [3.8, 4) is 0 Å². The molecule has 0 bridgehead atoms. The Morgan fingerprint density at radius 1 is 1.18 bits per heavy atom. The van der Waals surface area contributed by atoms with Crippen LogP contribution in [0.25, 0.3) is 0 Å². The highest BCUT2D eigenvalue weighted by Crippen LogP contribution is 2.27. The number of aliphatic hydroxyl groups is 2. The van der Waals surface area contributed by atoms with Crippen LogP contribution in [0.1, 0.15) is 22.0 Å². The summed E-state index contributed by atoms with van der Waals surface area (Å²) in [4.78, 5) is 21.1. The summed E-state index contributed by atoms with van der Waals surface area (Å²) in [6, 6.07) is 3.67. The van der Waals surface area contributed by atoms with E-state index >= 15 is 0 Å². The zero-order valence-electron chi connectivity index (χ0n) is 8.37. The lowest BCUT2D eigenvalue weighted by Crippen LogP contribution is -2.27. The molecule has 0 aliphatic rings. The highest BCUT2D eigenvalue weighted by molar-refractivity contribution is 9.10. The molecule has 0 aliphatic carbocycles. The van der Waals surface area contributed by atoms with Gasteiger partial charge in [0, 0.05) is 4.47 Å². The van der Waals surface area contributed by atoms with Crippen LogP contribution in [0.15, 0.2) is 22.7 Å². The number of carboxylic acids is 2. The molecule has 2 unspecified atom stereocenters. The first-order valence-electron chi connectivity index (χ1n) is 4.46. The Morgan fingerprint density at radius 2 is 1.76 bits per heavy atom. The molecule has 1 rings (SSSR count). The maximum Gasteiger partial charge on any atom is 0.335 e. The molecule has 2 atom stereocenters. The molecule has 17 heavy (non-hydrogen) atoms. The predicted molar refractivity (Wildman–Crippen MR) is 59.7 cm³/mol. The van der Waals surface area contributed by atoms with Crippen LogP contribution >= 0.6 is 15.9 Å². The van der Waals surface area contributed by atoms with Crippen molar-refractivity contribution in [3.05, 3.63) is 33.8 Å². The van der Waals surface area contributed by atoms with Gasteiger partial charge >= 0.3 is 11.9 Å². The number of benzene rings is 1. The van der Waals surface area contributed by atoms with E-state index in [2.05, 4.69) is 15.9 Å². The first-order chi connectivity index (χ1) is 7.84. The normalized spacial score (nSPS) is 14.1. The van der Waals surface area contributed by atoms with E-state index in [0.717, 1.165) is 0 Å². The molecule has 1 aromatic carbocycles. The maximum absolute atomic E-state index is 10.6. The molecular weight excluding hydrogens is 296 g/mol. The van der Waals surface area contributed by atoms with E-state index < -0.39 is 24.1 Å². The summed E-state index contributed by atoms with van der Waals surface area (Å²) in [6.45, 7) is 0. The fourth-order valence-electron chi connectivity index (χ4n) is 1.21. The molecule has 0 amide bonds. The third-order valence-corrected chi connectivity index (χ3v) is 2.80. The third kappa shape index (κ3) is 3.02. The molecule has 4 N–H and O–H groups in total. The molecular formula is C10H9BrO6. The fraction of sp³-hybridized carbons (Fsp3) is 0.200. The molecule has 92 valence electrons. The first kappa shape index (κ1) is 13.6. The van der Waals surface area contributed by atoms with Crippen LogP contribution in [-0.2, 0) is 4.79 Å². The Hall–Kier alpha value is -1.44. The first-order valence-corrected chi connectivity index (χ1v) is 5.25. The summed E-state index contributed by atoms with van der Waals surface area (Å²) in [5, 5.41) is 36.0. The minimum atomic E-state index is -1.97. The molecule has 1 aromatic rings. The number of aromatic carboxylic acids is 1. The van der Waals surface area contributed by atoms with Crippen molar-refractivity contribution >= 4 is 27.9 Å². The molecule has 0 aromatic heterocycles. The number of carboxylic acid groups (broad SMARTS) is 2. The number of rotatable bonds is 4. The zero-order chi connectivity index (χ0) is 13.2. The van der Waals surface area contributed by atoms with E-state index in [1.807, 2.05) is 0 Å². The molecule has 6 nitrogen and oxygen atoms in total. The monoisotopic (exact) mass is 304 g/mol. The van der Waals surface area contributed by atoms with E-state index in [4.69, 9.17) is 15.3 Å². The summed E-state index contributed by atoms with van der Waals surface area (Å²) in [5.74, 6) is -2.71. The lowest BCUT2D eigenvalue weighted by atomic mass is 10.0. The van der Waals surface area contributed by atoms with E-state index in [0.29, 0.717) is 0 Å². The Morgan fingerprint density at radius 3 is 2.18 bits per heavy atom. The second kappa shape index (κ2) is 5.26. The van der Waals surface area contributed by atoms with E-state index in [1.54, 1.807) is 0 Å². The molecule has 0 saturated heterocycles. The van der Waals surface area contributed by atoms with Gasteiger partial charge in [0.2, 0.25) is 0 Å². The Bertz CT molecular complexity index is 458. The standard InChI is InChI=1S/C10H9BrO6/c11-6-3-4(9(14)15)1-2-5(6)7(12)8(13)10(16)17/h1-3,7-8,12-13H,(H,14,15)(H,16,17). The number of halogens is 1. The van der Waals surface area contributed by atoms with Crippen molar-refractivity contribution in [3.63, 3.8) is 0 Å².